The van der Waals surface area contributed by atoms with Crippen LogP contribution in [-0.4, -0.2) is 54.8 Å². The van der Waals surface area contributed by atoms with Gasteiger partial charge in [0.05, 0.1) is 16.8 Å². The summed E-state index contributed by atoms with van der Waals surface area (Å²) in [6, 6.07) is 11.0. The lowest BCUT2D eigenvalue weighted by Gasteiger charge is -2.36. The monoisotopic (exact) mass is 460 g/mol. The van der Waals surface area contributed by atoms with Crippen LogP contribution in [0.15, 0.2) is 48.5 Å². The molecule has 33 heavy (non-hydrogen) atoms. The van der Waals surface area contributed by atoms with Gasteiger partial charge in [0.25, 0.3) is 5.91 Å². The smallest absolute Gasteiger partial charge is 0.368 e. The van der Waals surface area contributed by atoms with Crippen LogP contribution in [-0.2, 0) is 15.8 Å². The van der Waals surface area contributed by atoms with E-state index in [1.165, 1.54) is 6.07 Å². The van der Waals surface area contributed by atoms with Crippen molar-refractivity contribution in [2.45, 2.75) is 25.1 Å². The van der Waals surface area contributed by atoms with Gasteiger partial charge in [0.15, 0.2) is 0 Å². The van der Waals surface area contributed by atoms with Crippen molar-refractivity contribution in [2.75, 3.05) is 36.4 Å². The number of hydrogen-bond donors (Lipinski definition) is 2. The van der Waals surface area contributed by atoms with Crippen molar-refractivity contribution in [1.82, 2.24) is 10.2 Å². The number of nitrogens with one attached hydrogen (secondary N) is 2. The maximum Gasteiger partial charge on any atom is 0.416 e. The number of alkyl halides is 3. The van der Waals surface area contributed by atoms with Crippen molar-refractivity contribution in [3.8, 4) is 0 Å². The fourth-order valence-electron chi connectivity index (χ4n) is 4.03. The number of carbonyl (C=O) groups excluding carboxylic acids is 3. The first-order valence-corrected chi connectivity index (χ1v) is 10.6. The largest absolute Gasteiger partial charge is 0.416 e. The maximum absolute atomic E-state index is 13.0. The normalized spacial score (nSPS) is 18.8. The highest BCUT2D eigenvalue weighted by molar-refractivity contribution is 6.09. The van der Waals surface area contributed by atoms with E-state index in [4.69, 9.17) is 0 Å². The Morgan fingerprint density at radius 3 is 2.45 bits per heavy atom. The Bertz CT molecular complexity index is 1060. The van der Waals surface area contributed by atoms with Gasteiger partial charge in [-0.15, -0.1) is 0 Å². The molecule has 3 amide bonds. The molecule has 7 nitrogen and oxygen atoms in total. The van der Waals surface area contributed by atoms with Crippen molar-refractivity contribution < 1.29 is 27.6 Å². The molecule has 1 atom stereocenters. The molecule has 174 valence electrons. The number of fused-ring (bicyclic) bond motifs is 1. The predicted octanol–water partition coefficient (Wildman–Crippen LogP) is 2.88. The van der Waals surface area contributed by atoms with Crippen LogP contribution in [0.25, 0.3) is 0 Å². The summed E-state index contributed by atoms with van der Waals surface area (Å²) in [5.74, 6) is -0.922. The molecule has 1 saturated heterocycles. The summed E-state index contributed by atoms with van der Waals surface area (Å²) in [5, 5.41) is 5.38. The minimum Gasteiger partial charge on any atom is -0.368 e. The molecule has 2 aliphatic heterocycles. The molecule has 0 aromatic heterocycles. The third-order valence-corrected chi connectivity index (χ3v) is 5.87. The van der Waals surface area contributed by atoms with Gasteiger partial charge in [-0.3, -0.25) is 14.4 Å². The van der Waals surface area contributed by atoms with Gasteiger partial charge >= 0.3 is 6.18 Å². The van der Waals surface area contributed by atoms with Gasteiger partial charge < -0.3 is 20.4 Å². The van der Waals surface area contributed by atoms with E-state index in [0.717, 1.165) is 12.1 Å². The van der Waals surface area contributed by atoms with Crippen LogP contribution in [0.3, 0.4) is 0 Å². The van der Waals surface area contributed by atoms with Crippen molar-refractivity contribution in [3.63, 3.8) is 0 Å². The van der Waals surface area contributed by atoms with E-state index in [1.807, 2.05) is 4.90 Å². The first-order valence-electron chi connectivity index (χ1n) is 10.6. The lowest BCUT2D eigenvalue weighted by atomic mass is 10.1. The Morgan fingerprint density at radius 1 is 1.00 bits per heavy atom. The molecule has 1 unspecified atom stereocenters. The lowest BCUT2D eigenvalue weighted by molar-refractivity contribution is -0.137. The third-order valence-electron chi connectivity index (χ3n) is 5.87. The molecule has 0 saturated carbocycles. The zero-order valence-electron chi connectivity index (χ0n) is 17.7. The van der Waals surface area contributed by atoms with Crippen LogP contribution in [0.5, 0.6) is 0 Å². The van der Waals surface area contributed by atoms with E-state index in [9.17, 15) is 27.6 Å². The third kappa shape index (κ3) is 5.10. The van der Waals surface area contributed by atoms with E-state index in [-0.39, 0.29) is 30.6 Å². The topological polar surface area (TPSA) is 81.8 Å². The number of halogens is 3. The molecule has 2 aliphatic rings. The van der Waals surface area contributed by atoms with Gasteiger partial charge in [0.1, 0.15) is 6.04 Å². The summed E-state index contributed by atoms with van der Waals surface area (Å²) in [4.78, 5) is 41.0. The molecule has 2 aromatic carbocycles. The minimum absolute atomic E-state index is 0.0677. The number of para-hydroxylation sites is 1. The Kier molecular flexibility index (Phi) is 6.26. The van der Waals surface area contributed by atoms with Crippen LogP contribution in [0.1, 0.15) is 28.8 Å². The fourth-order valence-corrected chi connectivity index (χ4v) is 4.03. The summed E-state index contributed by atoms with van der Waals surface area (Å²) < 4.78 is 38.9. The SMILES string of the molecule is O=C1NC(CCC(=O)N2CCN(c3cccc(C(F)(F)F)c3)CC2)C(=O)Nc2ccccc21. The highest BCUT2D eigenvalue weighted by atomic mass is 19.4. The van der Waals surface area contributed by atoms with Crippen LogP contribution >= 0.6 is 0 Å². The molecule has 0 aliphatic carbocycles. The number of nitrogens with zero attached hydrogens (tertiary/aromatic N) is 2. The van der Waals surface area contributed by atoms with Gasteiger partial charge in [-0.25, -0.2) is 0 Å². The van der Waals surface area contributed by atoms with Gasteiger partial charge in [0.2, 0.25) is 11.8 Å². The summed E-state index contributed by atoms with van der Waals surface area (Å²) in [6.07, 6.45) is -4.19. The zero-order chi connectivity index (χ0) is 23.6. The summed E-state index contributed by atoms with van der Waals surface area (Å²) in [7, 11) is 0. The Morgan fingerprint density at radius 2 is 1.73 bits per heavy atom. The summed E-state index contributed by atoms with van der Waals surface area (Å²) in [6.45, 7) is 1.54. The van der Waals surface area contributed by atoms with E-state index in [1.54, 1.807) is 35.2 Å². The van der Waals surface area contributed by atoms with Gasteiger partial charge in [0, 0.05) is 38.3 Å². The van der Waals surface area contributed by atoms with Crippen molar-refractivity contribution in [1.29, 1.82) is 0 Å². The summed E-state index contributed by atoms with van der Waals surface area (Å²) >= 11 is 0. The minimum atomic E-state index is -4.41. The van der Waals surface area contributed by atoms with Crippen LogP contribution in [0, 0.1) is 0 Å². The highest BCUT2D eigenvalue weighted by Crippen LogP contribution is 2.32. The standard InChI is InChI=1S/C23H23F3N4O3/c24-23(25,26)15-4-3-5-16(14-15)29-10-12-30(13-11-29)20(31)9-8-19-22(33)27-18-7-2-1-6-17(18)21(32)28-19/h1-7,14,19H,8-13H2,(H,27,33)(H,28,32). The number of carbonyl (C=O) groups is 3. The second-order valence-corrected chi connectivity index (χ2v) is 8.02. The maximum atomic E-state index is 13.0. The fraction of sp³-hybridized carbons (Fsp3) is 0.348. The molecule has 0 radical (unpaired) electrons. The number of hydrogen-bond acceptors (Lipinski definition) is 4. The quantitative estimate of drug-likeness (QED) is 0.735. The van der Waals surface area contributed by atoms with E-state index < -0.39 is 17.8 Å². The first-order chi connectivity index (χ1) is 15.7. The molecule has 2 N–H and O–H groups in total. The Balaban J connectivity index is 1.30. The second kappa shape index (κ2) is 9.13. The Hall–Kier alpha value is -3.56. The van der Waals surface area contributed by atoms with E-state index in [2.05, 4.69) is 10.6 Å². The van der Waals surface area contributed by atoms with Crippen molar-refractivity contribution in [3.05, 3.63) is 59.7 Å². The van der Waals surface area contributed by atoms with Gasteiger partial charge in [-0.2, -0.15) is 13.2 Å². The molecule has 2 heterocycles. The average Bonchev–Trinajstić information content (AvgIpc) is 2.93. The molecule has 1 fully saturated rings. The molecule has 4 rings (SSSR count). The number of amides is 3. The van der Waals surface area contributed by atoms with Crippen molar-refractivity contribution in [2.24, 2.45) is 0 Å². The van der Waals surface area contributed by atoms with E-state index >= 15 is 0 Å². The summed E-state index contributed by atoms with van der Waals surface area (Å²) in [5.41, 5.74) is 0.559. The molecular formula is C23H23F3N4O3. The van der Waals surface area contributed by atoms with Crippen molar-refractivity contribution >= 4 is 29.1 Å². The van der Waals surface area contributed by atoms with E-state index in [0.29, 0.717) is 43.1 Å². The van der Waals surface area contributed by atoms with Gasteiger partial charge in [-0.05, 0) is 36.8 Å². The average molecular weight is 460 g/mol. The van der Waals surface area contributed by atoms with Crippen LogP contribution < -0.4 is 15.5 Å². The molecular weight excluding hydrogens is 437 g/mol. The molecule has 0 bridgehead atoms. The molecule has 0 spiro atoms. The van der Waals surface area contributed by atoms with Crippen LogP contribution in [0.4, 0.5) is 24.5 Å². The predicted molar refractivity (Wildman–Crippen MR) is 116 cm³/mol. The van der Waals surface area contributed by atoms with Gasteiger partial charge in [-0.1, -0.05) is 18.2 Å². The number of rotatable bonds is 4. The number of benzene rings is 2. The second-order valence-electron chi connectivity index (χ2n) is 8.02. The highest BCUT2D eigenvalue weighted by Gasteiger charge is 2.32. The molecule has 2 aromatic rings. The zero-order valence-corrected chi connectivity index (χ0v) is 17.7. The lowest BCUT2D eigenvalue weighted by Crippen LogP contribution is -2.49. The number of piperazine rings is 1. The Labute approximate surface area is 188 Å². The first kappa shape index (κ1) is 22.6. The van der Waals surface area contributed by atoms with Crippen LogP contribution in [0.2, 0.25) is 0 Å². The molecule has 10 heteroatoms. The number of anilines is 2.